The Morgan fingerprint density at radius 1 is 1.00 bits per heavy atom. The minimum absolute atomic E-state index is 0.0558. The van der Waals surface area contributed by atoms with Crippen LogP contribution in [0.3, 0.4) is 0 Å². The van der Waals surface area contributed by atoms with E-state index in [2.05, 4.69) is 10.2 Å². The normalized spacial score (nSPS) is 16.9. The number of carbonyl (C=O) groups excluding carboxylic acids is 3. The van der Waals surface area contributed by atoms with Gasteiger partial charge in [0.15, 0.2) is 0 Å². The van der Waals surface area contributed by atoms with E-state index in [1.54, 1.807) is 26.2 Å². The van der Waals surface area contributed by atoms with Crippen molar-refractivity contribution in [1.29, 1.82) is 0 Å². The summed E-state index contributed by atoms with van der Waals surface area (Å²) in [5.74, 6) is 1.11. The van der Waals surface area contributed by atoms with Crippen LogP contribution < -0.4 is 10.1 Å². The fourth-order valence-corrected chi connectivity index (χ4v) is 4.99. The third kappa shape index (κ3) is 9.92. The lowest BCUT2D eigenvalue weighted by molar-refractivity contribution is -0.163. The summed E-state index contributed by atoms with van der Waals surface area (Å²) in [4.78, 5) is 39.1. The van der Waals surface area contributed by atoms with Gasteiger partial charge in [0, 0.05) is 27.2 Å². The molecule has 2 atom stereocenters. The number of methoxy groups -OCH3 is 1. The number of ether oxygens (including phenoxy) is 1. The molecule has 1 unspecified atom stereocenters. The van der Waals surface area contributed by atoms with Crippen LogP contribution in [0.15, 0.2) is 78.9 Å². The van der Waals surface area contributed by atoms with Crippen LogP contribution >= 0.6 is 0 Å². The number of benzene rings is 3. The van der Waals surface area contributed by atoms with Crippen molar-refractivity contribution in [3.63, 3.8) is 0 Å². The maximum atomic E-state index is 13.6. The second kappa shape index (κ2) is 16.4. The molecule has 1 saturated heterocycles. The van der Waals surface area contributed by atoms with E-state index in [0.29, 0.717) is 39.0 Å². The van der Waals surface area contributed by atoms with Gasteiger partial charge in [-0.3, -0.25) is 19.3 Å². The number of phenols is 1. The van der Waals surface area contributed by atoms with Crippen LogP contribution in [0, 0.1) is 0 Å². The van der Waals surface area contributed by atoms with Crippen LogP contribution in [0.25, 0.3) is 0 Å². The molecule has 0 bridgehead atoms. The Bertz CT molecular complexity index is 1300. The van der Waals surface area contributed by atoms with Gasteiger partial charge in [0.2, 0.25) is 12.3 Å². The smallest absolute Gasteiger partial charge is 0.240 e. The molecule has 10 nitrogen and oxygen atoms in total. The van der Waals surface area contributed by atoms with Gasteiger partial charge in [-0.2, -0.15) is 0 Å². The molecule has 0 aliphatic carbocycles. The Balaban J connectivity index is 0.000000428. The lowest BCUT2D eigenvalue weighted by Gasteiger charge is -2.49. The topological polar surface area (TPSA) is 106 Å². The number of piperazine rings is 1. The van der Waals surface area contributed by atoms with Gasteiger partial charge in [-0.05, 0) is 61.3 Å². The average Bonchev–Trinajstić information content (AvgIpc) is 3.01. The van der Waals surface area contributed by atoms with E-state index in [0.717, 1.165) is 22.4 Å². The van der Waals surface area contributed by atoms with Crippen molar-refractivity contribution >= 4 is 18.1 Å². The summed E-state index contributed by atoms with van der Waals surface area (Å²) < 4.78 is 5.25. The molecule has 0 radical (unpaired) electrons. The zero-order valence-corrected chi connectivity index (χ0v) is 25.6. The van der Waals surface area contributed by atoms with Crippen molar-refractivity contribution in [2.75, 3.05) is 41.3 Å². The fraction of sp³-hybridized carbons (Fsp3) is 0.364. The average molecular weight is 590 g/mol. The molecule has 1 fully saturated rings. The second-order valence-electron chi connectivity index (χ2n) is 10.7. The number of aromatic hydroxyl groups is 1. The van der Waals surface area contributed by atoms with E-state index in [1.165, 1.54) is 0 Å². The first-order chi connectivity index (χ1) is 20.6. The van der Waals surface area contributed by atoms with Gasteiger partial charge in [-0.25, -0.2) is 10.0 Å². The zero-order chi connectivity index (χ0) is 31.4. The number of nitrogens with zero attached hydrogens (tertiary/aromatic N) is 4. The van der Waals surface area contributed by atoms with Crippen LogP contribution in [0.4, 0.5) is 0 Å². The van der Waals surface area contributed by atoms with E-state index in [-0.39, 0.29) is 29.6 Å². The minimum Gasteiger partial charge on any atom is -0.508 e. The lowest BCUT2D eigenvalue weighted by atomic mass is 10.00. The molecule has 0 aromatic heterocycles. The number of hydrazine groups is 1. The van der Waals surface area contributed by atoms with Crippen LogP contribution in [0.5, 0.6) is 11.5 Å². The van der Waals surface area contributed by atoms with Crippen molar-refractivity contribution in [3.8, 4) is 11.5 Å². The number of hydrogen-bond acceptors (Lipinski definition) is 8. The van der Waals surface area contributed by atoms with Gasteiger partial charge >= 0.3 is 0 Å². The molecular weight excluding hydrogens is 546 g/mol. The lowest BCUT2D eigenvalue weighted by Crippen LogP contribution is -2.67. The number of phenolic OH excluding ortho intramolecular Hbond substituents is 1. The highest BCUT2D eigenvalue weighted by molar-refractivity contribution is 5.83. The van der Waals surface area contributed by atoms with Gasteiger partial charge in [0.05, 0.1) is 32.4 Å². The zero-order valence-electron chi connectivity index (χ0n) is 25.6. The largest absolute Gasteiger partial charge is 0.508 e. The summed E-state index contributed by atoms with van der Waals surface area (Å²) in [6, 6.07) is 24.1. The van der Waals surface area contributed by atoms with Gasteiger partial charge in [0.25, 0.3) is 0 Å². The number of carbonyl (C=O) groups is 3. The molecule has 3 aromatic rings. The summed E-state index contributed by atoms with van der Waals surface area (Å²) in [7, 11) is 7.42. The van der Waals surface area contributed by atoms with Crippen molar-refractivity contribution in [3.05, 3.63) is 95.6 Å². The van der Waals surface area contributed by atoms with Gasteiger partial charge in [0.1, 0.15) is 17.3 Å². The Morgan fingerprint density at radius 3 is 2.21 bits per heavy atom. The van der Waals surface area contributed by atoms with Crippen LogP contribution in [0.2, 0.25) is 0 Å². The minimum atomic E-state index is -0.375. The Kier molecular flexibility index (Phi) is 12.7. The van der Waals surface area contributed by atoms with Crippen LogP contribution in [-0.2, 0) is 33.9 Å². The number of amides is 2. The van der Waals surface area contributed by atoms with Gasteiger partial charge in [-0.1, -0.05) is 54.6 Å². The van der Waals surface area contributed by atoms with Crippen molar-refractivity contribution in [2.24, 2.45) is 0 Å². The van der Waals surface area contributed by atoms with Gasteiger partial charge < -0.3 is 20.1 Å². The summed E-state index contributed by atoms with van der Waals surface area (Å²) in [6.45, 7) is 3.48. The molecule has 1 aliphatic rings. The Hall–Kier alpha value is -4.25. The van der Waals surface area contributed by atoms with E-state index in [4.69, 9.17) is 4.74 Å². The number of ketones is 1. The monoisotopic (exact) mass is 589 g/mol. The van der Waals surface area contributed by atoms with E-state index in [1.807, 2.05) is 103 Å². The molecule has 10 heteroatoms. The van der Waals surface area contributed by atoms with Crippen molar-refractivity contribution < 1.29 is 24.2 Å². The molecule has 4 rings (SSSR count). The predicted octanol–water partition coefficient (Wildman–Crippen LogP) is 2.91. The van der Waals surface area contributed by atoms with Crippen molar-refractivity contribution in [1.82, 2.24) is 25.1 Å². The molecule has 0 saturated carbocycles. The fourth-order valence-electron chi connectivity index (χ4n) is 4.99. The number of nitrogens with one attached hydrogen (secondary N) is 1. The molecule has 1 aliphatic heterocycles. The molecule has 2 N–H and O–H groups in total. The van der Waals surface area contributed by atoms with Crippen LogP contribution in [0.1, 0.15) is 23.6 Å². The number of Topliss-reactive ketones (excluding diaryl/α,β-unsaturated/α-hetero) is 1. The number of likely N-dealkylation sites (N-methyl/N-ethyl adjacent to an activating group) is 3. The number of hydrogen-bond donors (Lipinski definition) is 2. The quantitative estimate of drug-likeness (QED) is 0.246. The second-order valence-corrected chi connectivity index (χ2v) is 10.7. The summed E-state index contributed by atoms with van der Waals surface area (Å²) in [5.41, 5.74) is 3.12. The SMILES string of the molecule is COc1ccc(CN2CC(N(C)N(C)CC(C)=O)N(C)[C@@H](Cc3ccc(O)cc3)C2=O)cc1.O=CNCc1ccccc1. The summed E-state index contributed by atoms with van der Waals surface area (Å²) in [5, 5.41) is 16.1. The predicted molar refractivity (Wildman–Crippen MR) is 166 cm³/mol. The van der Waals surface area contributed by atoms with Crippen LogP contribution in [-0.4, -0.2) is 96.6 Å². The standard InChI is InChI=1S/C25H34N4O4.C8H9NO/c1-18(30)15-26(2)28(4)24-17-29(16-20-8-12-22(33-5)13-9-20)25(32)23(27(24)3)14-19-6-10-21(31)11-7-19;10-7-9-6-8-4-2-1-3-5-8/h6-13,23-24,31H,14-17H2,1-5H3;1-5,7H,6H2,(H,9,10)/t23-,24?;/m0./s1. The maximum absolute atomic E-state index is 13.6. The highest BCUT2D eigenvalue weighted by Crippen LogP contribution is 2.24. The highest BCUT2D eigenvalue weighted by Gasteiger charge is 2.41. The third-order valence-electron chi connectivity index (χ3n) is 7.49. The molecule has 0 spiro atoms. The Labute approximate surface area is 254 Å². The van der Waals surface area contributed by atoms with E-state index in [9.17, 15) is 19.5 Å². The molecule has 3 aromatic carbocycles. The highest BCUT2D eigenvalue weighted by atomic mass is 16.5. The summed E-state index contributed by atoms with van der Waals surface area (Å²) in [6.07, 6.45) is 1.12. The van der Waals surface area contributed by atoms with E-state index < -0.39 is 0 Å². The molecule has 2 amide bonds. The maximum Gasteiger partial charge on any atom is 0.240 e. The first kappa shape index (κ1) is 33.3. The molecular formula is C33H43N5O5. The molecule has 230 valence electrons. The van der Waals surface area contributed by atoms with Crippen molar-refractivity contribution in [2.45, 2.75) is 38.6 Å². The Morgan fingerprint density at radius 2 is 1.63 bits per heavy atom. The first-order valence-corrected chi connectivity index (χ1v) is 14.2. The van der Waals surface area contributed by atoms with E-state index >= 15 is 0 Å². The van der Waals surface area contributed by atoms with Gasteiger partial charge in [-0.15, -0.1) is 0 Å². The molecule has 1 heterocycles. The first-order valence-electron chi connectivity index (χ1n) is 14.2. The summed E-state index contributed by atoms with van der Waals surface area (Å²) >= 11 is 0. The number of rotatable bonds is 12. The third-order valence-corrected chi connectivity index (χ3v) is 7.49. The molecule has 43 heavy (non-hydrogen) atoms.